The smallest absolute Gasteiger partial charge is 0 e. The first-order valence-electron chi connectivity index (χ1n) is 10.5. The second kappa shape index (κ2) is 39.5. The van der Waals surface area contributed by atoms with Gasteiger partial charge in [0.25, 0.3) is 0 Å². The molecule has 0 amide bonds. The van der Waals surface area contributed by atoms with E-state index in [-0.39, 0.29) is 37.2 Å². The molecule has 0 atom stereocenters. The first-order valence-corrected chi connectivity index (χ1v) is 10.5. The number of unbranched alkanes of at least 4 members (excludes halogenated alkanes) is 12. The van der Waals surface area contributed by atoms with Gasteiger partial charge in [0, 0.05) is 17.4 Å². The largest absolute Gasteiger partial charge is 0.854 e. The predicted molar refractivity (Wildman–Crippen MR) is 107 cm³/mol. The van der Waals surface area contributed by atoms with Crippen LogP contribution in [0.25, 0.3) is 0 Å². The molecule has 3 nitrogen and oxygen atoms in total. The maximum atomic E-state index is 9.89. The van der Waals surface area contributed by atoms with E-state index >= 15 is 0 Å². The van der Waals surface area contributed by atoms with Gasteiger partial charge >= 0.3 is 0 Å². The van der Waals surface area contributed by atoms with E-state index in [0.29, 0.717) is 0 Å². The summed E-state index contributed by atoms with van der Waals surface area (Å²) in [7, 11) is 0. The third-order valence-corrected chi connectivity index (χ3v) is 3.74. The topological polar surface area (TPSA) is 69.2 Å². The van der Waals surface area contributed by atoms with E-state index in [2.05, 4.69) is 20.8 Å². The highest BCUT2D eigenvalue weighted by atomic mass is 27.0. The summed E-state index contributed by atoms with van der Waals surface area (Å²) in [6.45, 7) is 6.88. The summed E-state index contributed by atoms with van der Waals surface area (Å²) < 4.78 is 0. The molecule has 0 N–H and O–H groups in total. The van der Waals surface area contributed by atoms with Crippen LogP contribution < -0.4 is 15.3 Å². The Hall–Kier alpha value is 0.412. The highest BCUT2D eigenvalue weighted by Crippen LogP contribution is 2.01. The van der Waals surface area contributed by atoms with Crippen LogP contribution in [0.4, 0.5) is 0 Å². The van der Waals surface area contributed by atoms with E-state index in [1.54, 1.807) is 0 Å². The van der Waals surface area contributed by atoms with Crippen molar-refractivity contribution in [3.05, 3.63) is 0 Å². The van der Waals surface area contributed by atoms with E-state index in [0.717, 1.165) is 38.5 Å². The van der Waals surface area contributed by atoms with Crippen molar-refractivity contribution in [1.29, 1.82) is 0 Å². The third kappa shape index (κ3) is 51.6. The van der Waals surface area contributed by atoms with Crippen molar-refractivity contribution in [2.75, 3.05) is 19.8 Å². The van der Waals surface area contributed by atoms with Crippen molar-refractivity contribution in [2.45, 2.75) is 117 Å². The van der Waals surface area contributed by atoms with Gasteiger partial charge in [0.2, 0.25) is 0 Å². The minimum absolute atomic E-state index is 0. The molecule has 3 radical (unpaired) electrons. The Kier molecular flexibility index (Phi) is 52.2. The summed E-state index contributed by atoms with van der Waals surface area (Å²) in [6.07, 6.45) is 17.4. The van der Waals surface area contributed by atoms with Gasteiger partial charge in [-0.1, -0.05) is 117 Å². The SMILES string of the molecule is CCCCCCC[O-].CCCCCCC[O-].CCCCCCC[O-].[Al]. The van der Waals surface area contributed by atoms with Crippen molar-refractivity contribution in [3.63, 3.8) is 0 Å². The summed E-state index contributed by atoms with van der Waals surface area (Å²) in [6, 6.07) is 0. The van der Waals surface area contributed by atoms with Crippen LogP contribution in [0.1, 0.15) is 117 Å². The number of rotatable bonds is 15. The van der Waals surface area contributed by atoms with E-state index in [1.165, 1.54) is 57.8 Å². The van der Waals surface area contributed by atoms with Gasteiger partial charge in [-0.2, -0.15) is 0 Å². The van der Waals surface area contributed by atoms with Gasteiger partial charge in [-0.3, -0.25) is 0 Å². The summed E-state index contributed by atoms with van der Waals surface area (Å²) in [5, 5.41) is 29.7. The Morgan fingerprint density at radius 2 is 0.560 bits per heavy atom. The van der Waals surface area contributed by atoms with Crippen LogP contribution in [-0.2, 0) is 0 Å². The maximum Gasteiger partial charge on any atom is 0 e. The van der Waals surface area contributed by atoms with E-state index in [1.807, 2.05) is 0 Å². The molecule has 0 aliphatic heterocycles. The van der Waals surface area contributed by atoms with Gasteiger partial charge in [0.05, 0.1) is 0 Å². The average molecular weight is 373 g/mol. The Morgan fingerprint density at radius 3 is 0.720 bits per heavy atom. The van der Waals surface area contributed by atoms with Crippen LogP contribution >= 0.6 is 0 Å². The number of hydrogen-bond acceptors (Lipinski definition) is 3. The number of hydrogen-bond donors (Lipinski definition) is 0. The molecule has 0 rings (SSSR count). The average Bonchev–Trinajstić information content (AvgIpc) is 2.61. The molecule has 0 heterocycles. The highest BCUT2D eigenvalue weighted by molar-refractivity contribution is 5.75. The molecule has 0 fully saturated rings. The predicted octanol–water partition coefficient (Wildman–Crippen LogP) is 3.57. The summed E-state index contributed by atoms with van der Waals surface area (Å²) >= 11 is 0. The fourth-order valence-electron chi connectivity index (χ4n) is 2.12. The molecule has 0 saturated heterocycles. The van der Waals surface area contributed by atoms with E-state index in [4.69, 9.17) is 0 Å². The van der Waals surface area contributed by atoms with Crippen LogP contribution in [0.2, 0.25) is 0 Å². The first kappa shape index (κ1) is 33.0. The van der Waals surface area contributed by atoms with Crippen LogP contribution in [0.5, 0.6) is 0 Å². The van der Waals surface area contributed by atoms with E-state index in [9.17, 15) is 15.3 Å². The molecule has 0 bridgehead atoms. The summed E-state index contributed by atoms with van der Waals surface area (Å²) in [5.41, 5.74) is 0. The van der Waals surface area contributed by atoms with Gasteiger partial charge in [-0.25, -0.2) is 0 Å². The molecule has 153 valence electrons. The molecule has 25 heavy (non-hydrogen) atoms. The van der Waals surface area contributed by atoms with Crippen molar-refractivity contribution < 1.29 is 15.3 Å². The first-order chi connectivity index (χ1) is 11.7. The molecule has 0 aliphatic rings. The molecule has 0 spiro atoms. The molecule has 0 saturated carbocycles. The molecular formula is C21H45AlO3-3. The molecule has 0 aromatic rings. The molecule has 0 unspecified atom stereocenters. The second-order valence-corrected chi connectivity index (χ2v) is 6.36. The normalized spacial score (nSPS) is 9.36. The van der Waals surface area contributed by atoms with Gasteiger partial charge in [0.1, 0.15) is 0 Å². The third-order valence-electron chi connectivity index (χ3n) is 3.74. The fraction of sp³-hybridized carbons (Fsp3) is 1.00. The van der Waals surface area contributed by atoms with Gasteiger partial charge in [-0.05, 0) is 0 Å². The van der Waals surface area contributed by atoms with Crippen molar-refractivity contribution in [1.82, 2.24) is 0 Å². The Labute approximate surface area is 169 Å². The zero-order valence-electron chi connectivity index (χ0n) is 17.5. The molecular weight excluding hydrogens is 327 g/mol. The van der Waals surface area contributed by atoms with Crippen LogP contribution in [0.15, 0.2) is 0 Å². The van der Waals surface area contributed by atoms with Crippen molar-refractivity contribution in [2.24, 2.45) is 0 Å². The quantitative estimate of drug-likeness (QED) is 0.326. The monoisotopic (exact) mass is 372 g/mol. The lowest BCUT2D eigenvalue weighted by atomic mass is 10.2. The second-order valence-electron chi connectivity index (χ2n) is 6.36. The Balaban J connectivity index is -0.000000130. The minimum atomic E-state index is 0. The zero-order chi connectivity index (χ0) is 18.7. The van der Waals surface area contributed by atoms with Crippen molar-refractivity contribution >= 4 is 17.4 Å². The Morgan fingerprint density at radius 1 is 0.360 bits per heavy atom. The Bertz CT molecular complexity index is 123. The lowest BCUT2D eigenvalue weighted by Gasteiger charge is -2.00. The maximum absolute atomic E-state index is 9.89. The van der Waals surface area contributed by atoms with Crippen LogP contribution in [0.3, 0.4) is 0 Å². The lowest BCUT2D eigenvalue weighted by molar-refractivity contribution is -0.368. The van der Waals surface area contributed by atoms with Crippen molar-refractivity contribution in [3.8, 4) is 0 Å². The summed E-state index contributed by atoms with van der Waals surface area (Å²) in [5.74, 6) is 0. The van der Waals surface area contributed by atoms with E-state index < -0.39 is 0 Å². The van der Waals surface area contributed by atoms with Gasteiger partial charge in [-0.15, -0.1) is 19.8 Å². The molecule has 0 aliphatic carbocycles. The standard InChI is InChI=1S/3C7H15O.Al/c3*1-2-3-4-5-6-7-8;/h3*2-7H2,1H3;/q3*-1;. The molecule has 4 heteroatoms. The summed E-state index contributed by atoms with van der Waals surface area (Å²) in [4.78, 5) is 0. The molecule has 0 aromatic carbocycles. The minimum Gasteiger partial charge on any atom is -0.854 e. The van der Waals surface area contributed by atoms with Crippen LogP contribution in [0, 0.1) is 0 Å². The van der Waals surface area contributed by atoms with Gasteiger partial charge < -0.3 is 15.3 Å². The molecule has 0 aromatic heterocycles. The highest BCUT2D eigenvalue weighted by Gasteiger charge is 1.82. The fourth-order valence-corrected chi connectivity index (χ4v) is 2.12. The van der Waals surface area contributed by atoms with Crippen LogP contribution in [-0.4, -0.2) is 37.2 Å². The lowest BCUT2D eigenvalue weighted by Crippen LogP contribution is -2.04. The van der Waals surface area contributed by atoms with Gasteiger partial charge in [0.15, 0.2) is 0 Å². The zero-order valence-corrected chi connectivity index (χ0v) is 18.7.